The molecule has 0 aliphatic rings. The fourth-order valence-electron chi connectivity index (χ4n) is 10.0. The van der Waals surface area contributed by atoms with E-state index in [1.807, 2.05) is 24.3 Å². The number of nitrogens with zero attached hydrogens (tertiary/aromatic N) is 4. The van der Waals surface area contributed by atoms with Crippen LogP contribution >= 0.6 is 0 Å². The van der Waals surface area contributed by atoms with Gasteiger partial charge in [0.2, 0.25) is 0 Å². The number of hydrogen-bond donors (Lipinski definition) is 0. The molecule has 0 aliphatic heterocycles. The molecule has 0 radical (unpaired) electrons. The summed E-state index contributed by atoms with van der Waals surface area (Å²) in [5, 5.41) is 9.79. The highest BCUT2D eigenvalue weighted by Gasteiger charge is 2.22. The fraction of sp³-hybridized carbons (Fsp3) is 0. The molecular formula is C63H40N4. The van der Waals surface area contributed by atoms with Crippen molar-refractivity contribution in [3.05, 3.63) is 243 Å². The van der Waals surface area contributed by atoms with E-state index in [0.29, 0.717) is 17.5 Å². The summed E-state index contributed by atoms with van der Waals surface area (Å²) in [5.41, 5.74) is 12.9. The van der Waals surface area contributed by atoms with Crippen molar-refractivity contribution >= 4 is 54.1 Å². The van der Waals surface area contributed by atoms with E-state index in [9.17, 15) is 0 Å². The monoisotopic (exact) mass is 852 g/mol. The van der Waals surface area contributed by atoms with E-state index in [1.54, 1.807) is 0 Å². The lowest BCUT2D eigenvalue weighted by Crippen LogP contribution is -2.01. The average molecular weight is 853 g/mol. The van der Waals surface area contributed by atoms with Gasteiger partial charge >= 0.3 is 0 Å². The van der Waals surface area contributed by atoms with Crippen LogP contribution in [-0.2, 0) is 0 Å². The van der Waals surface area contributed by atoms with Crippen molar-refractivity contribution in [3.8, 4) is 73.2 Å². The third-order valence-electron chi connectivity index (χ3n) is 13.2. The molecule has 0 fully saturated rings. The Labute approximate surface area is 387 Å². The Morgan fingerprint density at radius 2 is 0.657 bits per heavy atom. The van der Waals surface area contributed by atoms with Crippen molar-refractivity contribution in [1.82, 2.24) is 19.5 Å². The number of fused-ring (bicyclic) bond motifs is 9. The maximum atomic E-state index is 5.33. The summed E-state index contributed by atoms with van der Waals surface area (Å²) in [4.78, 5) is 15.7. The van der Waals surface area contributed by atoms with E-state index < -0.39 is 0 Å². The predicted octanol–water partition coefficient (Wildman–Crippen LogP) is 16.4. The summed E-state index contributed by atoms with van der Waals surface area (Å²) < 4.78 is 2.45. The van der Waals surface area contributed by atoms with Crippen LogP contribution in [0.2, 0.25) is 0 Å². The van der Waals surface area contributed by atoms with Gasteiger partial charge in [-0.1, -0.05) is 206 Å². The van der Waals surface area contributed by atoms with Crippen molar-refractivity contribution in [1.29, 1.82) is 0 Å². The highest BCUT2D eigenvalue weighted by atomic mass is 15.0. The molecule has 2 aromatic heterocycles. The summed E-state index contributed by atoms with van der Waals surface area (Å²) in [6.45, 7) is 0. The van der Waals surface area contributed by atoms with E-state index in [0.717, 1.165) is 55.7 Å². The second-order valence-electron chi connectivity index (χ2n) is 17.2. The van der Waals surface area contributed by atoms with Gasteiger partial charge in [0.1, 0.15) is 0 Å². The van der Waals surface area contributed by atoms with Gasteiger partial charge < -0.3 is 4.57 Å². The van der Waals surface area contributed by atoms with Crippen LogP contribution in [-0.4, -0.2) is 19.5 Å². The van der Waals surface area contributed by atoms with E-state index in [1.165, 1.54) is 54.2 Å². The van der Waals surface area contributed by atoms with Gasteiger partial charge in [-0.05, 0) is 102 Å². The Hall–Kier alpha value is -8.99. The van der Waals surface area contributed by atoms with Crippen LogP contribution in [0.3, 0.4) is 0 Å². The van der Waals surface area contributed by atoms with Crippen molar-refractivity contribution in [2.75, 3.05) is 0 Å². The molecule has 0 atom stereocenters. The maximum absolute atomic E-state index is 5.33. The minimum atomic E-state index is 0.604. The summed E-state index contributed by atoms with van der Waals surface area (Å²) in [5.74, 6) is 1.84. The second kappa shape index (κ2) is 15.9. The summed E-state index contributed by atoms with van der Waals surface area (Å²) >= 11 is 0. The molecule has 4 heteroatoms. The van der Waals surface area contributed by atoms with Gasteiger partial charge in [0.15, 0.2) is 17.5 Å². The fourth-order valence-corrected chi connectivity index (χ4v) is 10.0. The minimum Gasteiger partial charge on any atom is -0.309 e. The van der Waals surface area contributed by atoms with Gasteiger partial charge in [0, 0.05) is 33.2 Å². The summed E-state index contributed by atoms with van der Waals surface area (Å²) in [7, 11) is 0. The molecule has 13 rings (SSSR count). The molecule has 0 N–H and O–H groups in total. The van der Waals surface area contributed by atoms with Crippen LogP contribution in [0.4, 0.5) is 0 Å². The Morgan fingerprint density at radius 1 is 0.239 bits per heavy atom. The third kappa shape index (κ3) is 6.65. The maximum Gasteiger partial charge on any atom is 0.164 e. The quantitative estimate of drug-likeness (QED) is 0.150. The summed E-state index contributed by atoms with van der Waals surface area (Å²) in [6.07, 6.45) is 0. The largest absolute Gasteiger partial charge is 0.309 e. The Morgan fingerprint density at radius 3 is 1.24 bits per heavy atom. The van der Waals surface area contributed by atoms with Crippen molar-refractivity contribution in [3.63, 3.8) is 0 Å². The first-order chi connectivity index (χ1) is 33.2. The van der Waals surface area contributed by atoms with E-state index >= 15 is 0 Å². The van der Waals surface area contributed by atoms with Crippen LogP contribution < -0.4 is 0 Å². The molecule has 2 heterocycles. The van der Waals surface area contributed by atoms with Crippen LogP contribution in [0.25, 0.3) is 127 Å². The molecule has 0 saturated heterocycles. The molecule has 4 nitrogen and oxygen atoms in total. The zero-order chi connectivity index (χ0) is 44.3. The van der Waals surface area contributed by atoms with Gasteiger partial charge in [0.05, 0.1) is 11.0 Å². The van der Waals surface area contributed by atoms with Crippen LogP contribution in [0.5, 0.6) is 0 Å². The van der Waals surface area contributed by atoms with Gasteiger partial charge in [-0.15, -0.1) is 0 Å². The zero-order valence-corrected chi connectivity index (χ0v) is 36.4. The Bertz CT molecular complexity index is 3960. The topological polar surface area (TPSA) is 43.6 Å². The molecule has 13 aromatic rings. The van der Waals surface area contributed by atoms with Crippen LogP contribution in [0, 0.1) is 0 Å². The molecule has 0 unspecified atom stereocenters. The smallest absolute Gasteiger partial charge is 0.164 e. The van der Waals surface area contributed by atoms with Crippen molar-refractivity contribution < 1.29 is 0 Å². The molecule has 0 aliphatic carbocycles. The van der Waals surface area contributed by atoms with E-state index in [2.05, 4.69) is 223 Å². The number of aromatic nitrogens is 4. The molecule has 0 bridgehead atoms. The van der Waals surface area contributed by atoms with Gasteiger partial charge in [0.25, 0.3) is 0 Å². The molecule has 67 heavy (non-hydrogen) atoms. The highest BCUT2D eigenvalue weighted by molar-refractivity contribution is 6.26. The van der Waals surface area contributed by atoms with E-state index in [4.69, 9.17) is 15.0 Å². The van der Waals surface area contributed by atoms with Crippen molar-refractivity contribution in [2.24, 2.45) is 0 Å². The van der Waals surface area contributed by atoms with E-state index in [-0.39, 0.29) is 0 Å². The first-order valence-electron chi connectivity index (χ1n) is 22.8. The molecule has 0 amide bonds. The van der Waals surface area contributed by atoms with Crippen molar-refractivity contribution in [2.45, 2.75) is 0 Å². The van der Waals surface area contributed by atoms with Gasteiger partial charge in [-0.2, -0.15) is 0 Å². The third-order valence-corrected chi connectivity index (χ3v) is 13.2. The molecule has 0 spiro atoms. The lowest BCUT2D eigenvalue weighted by molar-refractivity contribution is 1.07. The number of rotatable bonds is 7. The highest BCUT2D eigenvalue weighted by Crippen LogP contribution is 2.44. The zero-order valence-electron chi connectivity index (χ0n) is 36.4. The first-order valence-corrected chi connectivity index (χ1v) is 22.8. The number of benzene rings is 11. The minimum absolute atomic E-state index is 0.604. The standard InChI is InChI=1S/C63H40N4/c1-5-17-41(18-6-1)43-29-31-46(32-30-43)62-64-61(45-23-11-4-12-24-45)65-63(66-62)48-38-55(44-21-9-3-10-22-44)60-57-37-47(42-19-7-2-8-20-42)33-36-58(57)67(59(60)39-48)49-34-35-54-52-27-14-13-25-50(52)51-26-15-16-28-53(51)56(54)40-49/h1-40H. The Balaban J connectivity index is 1.10. The molecule has 0 saturated carbocycles. The normalized spacial score (nSPS) is 11.6. The molecular weight excluding hydrogens is 813 g/mol. The molecule has 312 valence electrons. The first kappa shape index (κ1) is 38.5. The molecule has 11 aromatic carbocycles. The number of hydrogen-bond acceptors (Lipinski definition) is 3. The van der Waals surface area contributed by atoms with Gasteiger partial charge in [-0.25, -0.2) is 15.0 Å². The van der Waals surface area contributed by atoms with Gasteiger partial charge in [-0.3, -0.25) is 0 Å². The Kier molecular flexibility index (Phi) is 9.14. The lowest BCUT2D eigenvalue weighted by Gasteiger charge is -2.15. The lowest BCUT2D eigenvalue weighted by atomic mass is 9.94. The summed E-state index contributed by atoms with van der Waals surface area (Å²) in [6, 6.07) is 86.6. The van der Waals surface area contributed by atoms with Crippen LogP contribution in [0.1, 0.15) is 0 Å². The van der Waals surface area contributed by atoms with Crippen LogP contribution in [0.15, 0.2) is 243 Å². The average Bonchev–Trinajstić information content (AvgIpc) is 3.75. The SMILES string of the molecule is c1ccc(-c2ccc(-c3nc(-c4ccccc4)nc(-c4cc(-c5ccccc5)c5c6cc(-c7ccccc7)ccc6n(-c6ccc7c8ccccc8c8ccccc8c7c6)c5c4)n3)cc2)cc1. The second-order valence-corrected chi connectivity index (χ2v) is 17.2. The predicted molar refractivity (Wildman–Crippen MR) is 279 cm³/mol.